The lowest BCUT2D eigenvalue weighted by Crippen LogP contribution is -2.40. The van der Waals surface area contributed by atoms with Gasteiger partial charge in [0, 0.05) is 24.9 Å². The van der Waals surface area contributed by atoms with Crippen molar-refractivity contribution in [3.05, 3.63) is 71.2 Å². The van der Waals surface area contributed by atoms with Crippen molar-refractivity contribution < 1.29 is 26.8 Å². The Kier molecular flexibility index (Phi) is 4.59. The van der Waals surface area contributed by atoms with Gasteiger partial charge in [-0.1, -0.05) is 0 Å². The van der Waals surface area contributed by atoms with E-state index in [1.807, 2.05) is 0 Å². The Balaban J connectivity index is 1.61. The minimum atomic E-state index is -4.57. The van der Waals surface area contributed by atoms with E-state index in [0.29, 0.717) is 12.1 Å². The number of hydrogen-bond acceptors (Lipinski definition) is 5. The van der Waals surface area contributed by atoms with Crippen LogP contribution in [0, 0.1) is 0 Å². The van der Waals surface area contributed by atoms with Gasteiger partial charge in [-0.15, -0.1) is 0 Å². The van der Waals surface area contributed by atoms with E-state index in [-0.39, 0.29) is 29.4 Å². The highest BCUT2D eigenvalue weighted by molar-refractivity contribution is 5.92. The first kappa shape index (κ1) is 21.2. The number of halogens is 4. The number of H-pyrrole nitrogens is 1. The lowest BCUT2D eigenvalue weighted by molar-refractivity contribution is -0.136. The van der Waals surface area contributed by atoms with Gasteiger partial charge in [0.05, 0.1) is 35.0 Å². The second-order valence-corrected chi connectivity index (χ2v) is 8.24. The molecule has 5 rings (SSSR count). The fourth-order valence-corrected chi connectivity index (χ4v) is 3.99. The molecule has 0 fully saturated rings. The van der Waals surface area contributed by atoms with Crippen LogP contribution in [0.1, 0.15) is 59.0 Å². The fourth-order valence-electron chi connectivity index (χ4n) is 3.99. The molecule has 33 heavy (non-hydrogen) atoms. The number of carbonyl (C=O) groups is 1. The number of amides is 1. The number of fused-ring (bicyclic) bond motifs is 2. The van der Waals surface area contributed by atoms with Gasteiger partial charge in [0.15, 0.2) is 5.67 Å². The first-order chi connectivity index (χ1) is 15.5. The number of pyridine rings is 1. The van der Waals surface area contributed by atoms with Gasteiger partial charge in [-0.25, -0.2) is 18.9 Å². The van der Waals surface area contributed by atoms with Crippen molar-refractivity contribution >= 4 is 11.4 Å². The van der Waals surface area contributed by atoms with Crippen molar-refractivity contribution in [1.82, 2.24) is 29.5 Å². The van der Waals surface area contributed by atoms with Crippen LogP contribution in [0.2, 0.25) is 0 Å². The van der Waals surface area contributed by atoms with E-state index in [1.54, 1.807) is 0 Å². The lowest BCUT2D eigenvalue weighted by atomic mass is 9.99. The largest absolute Gasteiger partial charge is 0.432 e. The lowest BCUT2D eigenvalue weighted by Gasteiger charge is -2.33. The third kappa shape index (κ3) is 3.55. The van der Waals surface area contributed by atoms with Crippen molar-refractivity contribution in [1.29, 1.82) is 0 Å². The molecule has 172 valence electrons. The Morgan fingerprint density at radius 1 is 1.24 bits per heavy atom. The maximum absolute atomic E-state index is 14.2. The molecule has 1 aliphatic heterocycles. The SMILES string of the molecule is CC(C)(F)c1ncc(C(=O)N2CCc3[nH]cnc3[C@H]2c2cc3c(C(F)(F)F)cccn3n2)o1. The van der Waals surface area contributed by atoms with Gasteiger partial charge < -0.3 is 14.3 Å². The van der Waals surface area contributed by atoms with Gasteiger partial charge in [0.1, 0.15) is 6.04 Å². The highest BCUT2D eigenvalue weighted by Crippen LogP contribution is 2.37. The molecular formula is C21H18F4N6O2. The topological polar surface area (TPSA) is 92.3 Å². The molecule has 4 aromatic heterocycles. The summed E-state index contributed by atoms with van der Waals surface area (Å²) in [5, 5.41) is 4.32. The summed E-state index contributed by atoms with van der Waals surface area (Å²) < 4.78 is 61.2. The third-order valence-corrected chi connectivity index (χ3v) is 5.52. The smallest absolute Gasteiger partial charge is 0.418 e. The monoisotopic (exact) mass is 462 g/mol. The fraction of sp³-hybridized carbons (Fsp3) is 0.333. The van der Waals surface area contributed by atoms with Crippen LogP contribution < -0.4 is 0 Å². The molecule has 1 N–H and O–H groups in total. The van der Waals surface area contributed by atoms with Crippen molar-refractivity contribution in [3.8, 4) is 0 Å². The van der Waals surface area contributed by atoms with Gasteiger partial charge in [0.2, 0.25) is 11.7 Å². The van der Waals surface area contributed by atoms with E-state index in [2.05, 4.69) is 20.1 Å². The molecule has 8 nitrogen and oxygen atoms in total. The van der Waals surface area contributed by atoms with Crippen molar-refractivity contribution in [2.24, 2.45) is 0 Å². The molecule has 0 aromatic carbocycles. The summed E-state index contributed by atoms with van der Waals surface area (Å²) >= 11 is 0. The molecule has 0 saturated carbocycles. The summed E-state index contributed by atoms with van der Waals surface area (Å²) in [7, 11) is 0. The number of nitrogens with one attached hydrogen (secondary N) is 1. The van der Waals surface area contributed by atoms with Crippen LogP contribution in [-0.2, 0) is 18.3 Å². The van der Waals surface area contributed by atoms with E-state index < -0.39 is 29.4 Å². The second kappa shape index (κ2) is 7.15. The number of rotatable bonds is 3. The summed E-state index contributed by atoms with van der Waals surface area (Å²) in [6.45, 7) is 2.72. The molecule has 12 heteroatoms. The highest BCUT2D eigenvalue weighted by atomic mass is 19.4. The Morgan fingerprint density at radius 2 is 2.03 bits per heavy atom. The zero-order valence-corrected chi connectivity index (χ0v) is 17.5. The molecule has 0 aliphatic carbocycles. The van der Waals surface area contributed by atoms with Crippen LogP contribution >= 0.6 is 0 Å². The standard InChI is InChI=1S/C21H18F4N6O2/c1-20(2,22)19-26-9-15(33-19)18(32)30-7-5-12-16(28-10-27-12)17(30)13-8-14-11(21(23,24)25)4-3-6-31(14)29-13/h3-4,6,8-10,17H,5,7H2,1-2H3,(H,27,28)/t17-/m1/s1. The molecule has 0 bridgehead atoms. The number of aromatic nitrogens is 5. The predicted octanol–water partition coefficient (Wildman–Crippen LogP) is 4.06. The average molecular weight is 462 g/mol. The van der Waals surface area contributed by atoms with Crippen molar-refractivity contribution in [3.63, 3.8) is 0 Å². The Bertz CT molecular complexity index is 1350. The number of hydrogen-bond donors (Lipinski definition) is 1. The first-order valence-electron chi connectivity index (χ1n) is 10.1. The zero-order chi connectivity index (χ0) is 23.5. The van der Waals surface area contributed by atoms with Crippen LogP contribution in [-0.4, -0.2) is 41.9 Å². The Morgan fingerprint density at radius 3 is 2.73 bits per heavy atom. The highest BCUT2D eigenvalue weighted by Gasteiger charge is 2.39. The van der Waals surface area contributed by atoms with E-state index in [0.717, 1.165) is 22.5 Å². The van der Waals surface area contributed by atoms with E-state index >= 15 is 0 Å². The van der Waals surface area contributed by atoms with Gasteiger partial charge in [0.25, 0.3) is 5.91 Å². The summed E-state index contributed by atoms with van der Waals surface area (Å²) in [6, 6.07) is 2.65. The maximum Gasteiger partial charge on any atom is 0.418 e. The summed E-state index contributed by atoms with van der Waals surface area (Å²) in [5.41, 5.74) is -1.44. The van der Waals surface area contributed by atoms with Gasteiger partial charge in [-0.05, 0) is 32.0 Å². The minimum absolute atomic E-state index is 0.142. The minimum Gasteiger partial charge on any atom is -0.432 e. The van der Waals surface area contributed by atoms with Crippen LogP contribution in [0.15, 0.2) is 41.3 Å². The number of nitrogens with zero attached hydrogens (tertiary/aromatic N) is 5. The van der Waals surface area contributed by atoms with Crippen LogP contribution in [0.3, 0.4) is 0 Å². The second-order valence-electron chi connectivity index (χ2n) is 8.24. The average Bonchev–Trinajstić information content (AvgIpc) is 3.49. The van der Waals surface area contributed by atoms with Crippen LogP contribution in [0.25, 0.3) is 5.52 Å². The van der Waals surface area contributed by atoms with Gasteiger partial charge in [-0.2, -0.15) is 18.3 Å². The summed E-state index contributed by atoms with van der Waals surface area (Å²) in [6.07, 6.45) is -0.133. The van der Waals surface area contributed by atoms with E-state index in [4.69, 9.17) is 4.42 Å². The van der Waals surface area contributed by atoms with E-state index in [9.17, 15) is 22.4 Å². The maximum atomic E-state index is 14.2. The number of alkyl halides is 4. The molecule has 0 spiro atoms. The summed E-state index contributed by atoms with van der Waals surface area (Å²) in [4.78, 5) is 25.9. The number of carbonyl (C=O) groups excluding carboxylic acids is 1. The van der Waals surface area contributed by atoms with Gasteiger partial charge >= 0.3 is 6.18 Å². The van der Waals surface area contributed by atoms with Crippen LogP contribution in [0.4, 0.5) is 17.6 Å². The molecule has 4 aromatic rings. The van der Waals surface area contributed by atoms with Crippen molar-refractivity contribution in [2.45, 2.75) is 38.2 Å². The third-order valence-electron chi connectivity index (χ3n) is 5.52. The van der Waals surface area contributed by atoms with Crippen LogP contribution in [0.5, 0.6) is 0 Å². The predicted molar refractivity (Wildman–Crippen MR) is 106 cm³/mol. The molecule has 5 heterocycles. The number of imidazole rings is 1. The molecule has 0 unspecified atom stereocenters. The zero-order valence-electron chi connectivity index (χ0n) is 17.5. The van der Waals surface area contributed by atoms with Gasteiger partial charge in [-0.3, -0.25) is 4.79 Å². The molecule has 1 amide bonds. The molecule has 0 radical (unpaired) electrons. The number of oxazole rings is 1. The Labute approximate surface area is 184 Å². The van der Waals surface area contributed by atoms with E-state index in [1.165, 1.54) is 43.4 Å². The Hall–Kier alpha value is -3.70. The quantitative estimate of drug-likeness (QED) is 0.464. The molecule has 1 atom stereocenters. The first-order valence-corrected chi connectivity index (χ1v) is 10.1. The molecule has 0 saturated heterocycles. The number of aromatic amines is 1. The molecular weight excluding hydrogens is 444 g/mol. The van der Waals surface area contributed by atoms with Crippen molar-refractivity contribution in [2.75, 3.05) is 6.54 Å². The summed E-state index contributed by atoms with van der Waals surface area (Å²) in [5.74, 6) is -1.02. The molecule has 1 aliphatic rings. The normalized spacial score (nSPS) is 16.9.